The molecule has 8 heteroatoms. The van der Waals surface area contributed by atoms with E-state index in [-0.39, 0.29) is 5.56 Å². The molecule has 0 heterocycles. The van der Waals surface area contributed by atoms with Gasteiger partial charge in [0.25, 0.3) is 0 Å². The monoisotopic (exact) mass is 472 g/mol. The van der Waals surface area contributed by atoms with Crippen molar-refractivity contribution in [3.05, 3.63) is 58.2 Å². The molecule has 0 saturated heterocycles. The molecule has 0 aliphatic heterocycles. The Hall–Kier alpha value is -2.51. The summed E-state index contributed by atoms with van der Waals surface area (Å²) in [5.74, 6) is -5.97. The lowest BCUT2D eigenvalue weighted by molar-refractivity contribution is -0.276. The Balaban J connectivity index is 1.67. The van der Waals surface area contributed by atoms with Crippen molar-refractivity contribution in [3.63, 3.8) is 0 Å². The fraction of sp³-hybridized carbons (Fsp3) is 0.440. The molecule has 4 rings (SSSR count). The van der Waals surface area contributed by atoms with E-state index in [0.29, 0.717) is 36.5 Å². The number of allylic oxidation sites excluding steroid dienone is 1. The number of halogens is 7. The zero-order chi connectivity index (χ0) is 23.9. The largest absolute Gasteiger partial charge is 0.573 e. The van der Waals surface area contributed by atoms with Crippen LogP contribution in [0.3, 0.4) is 0 Å². The molecule has 0 radical (unpaired) electrons. The van der Waals surface area contributed by atoms with E-state index < -0.39 is 46.5 Å². The summed E-state index contributed by atoms with van der Waals surface area (Å²) in [7, 11) is 0. The van der Waals surface area contributed by atoms with Gasteiger partial charge in [0.1, 0.15) is 11.6 Å². The van der Waals surface area contributed by atoms with Gasteiger partial charge in [0.2, 0.25) is 5.75 Å². The van der Waals surface area contributed by atoms with Crippen LogP contribution < -0.4 is 4.74 Å². The number of rotatable bonds is 4. The molecule has 0 N–H and O–H groups in total. The first-order valence-corrected chi connectivity index (χ1v) is 11.0. The standard InChI is InChI=1S/C25H23F7O/c1-2-13-3-5-14(6-4-13)15-7-8-18-16(9-15)10-19(26)22(23(18)29)17-11-20(27)24(21(28)12-17)33-25(30,31)32/h9-14H,2-8H2,1H3. The number of ether oxygens (including phenoxy) is 1. The highest BCUT2D eigenvalue weighted by molar-refractivity contribution is 5.72. The molecule has 1 nitrogen and oxygen atoms in total. The Morgan fingerprint density at radius 1 is 0.879 bits per heavy atom. The normalized spacial score (nSPS) is 20.9. The van der Waals surface area contributed by atoms with E-state index >= 15 is 4.39 Å². The van der Waals surface area contributed by atoms with Gasteiger partial charge in [-0.25, -0.2) is 17.6 Å². The second kappa shape index (κ2) is 9.03. The number of hydrogen-bond acceptors (Lipinski definition) is 1. The van der Waals surface area contributed by atoms with Crippen LogP contribution in [0.4, 0.5) is 30.7 Å². The molecule has 1 fully saturated rings. The van der Waals surface area contributed by atoms with Crippen molar-refractivity contribution in [3.8, 4) is 16.9 Å². The third-order valence-corrected chi connectivity index (χ3v) is 6.81. The van der Waals surface area contributed by atoms with Crippen molar-refractivity contribution >= 4 is 6.08 Å². The van der Waals surface area contributed by atoms with Crippen molar-refractivity contribution in [2.24, 2.45) is 11.8 Å². The Labute approximate surface area is 187 Å². The van der Waals surface area contributed by atoms with Gasteiger partial charge in [0, 0.05) is 0 Å². The highest BCUT2D eigenvalue weighted by Gasteiger charge is 2.35. The van der Waals surface area contributed by atoms with Crippen LogP contribution >= 0.6 is 0 Å². The fourth-order valence-electron chi connectivity index (χ4n) is 5.05. The molecule has 1 saturated carbocycles. The summed E-state index contributed by atoms with van der Waals surface area (Å²) in [5, 5.41) is 0. The van der Waals surface area contributed by atoms with Gasteiger partial charge in [-0.1, -0.05) is 25.0 Å². The summed E-state index contributed by atoms with van der Waals surface area (Å²) in [6.45, 7) is 2.18. The van der Waals surface area contributed by atoms with E-state index in [2.05, 4.69) is 11.7 Å². The highest BCUT2D eigenvalue weighted by atomic mass is 19.4. The predicted octanol–water partition coefficient (Wildman–Crippen LogP) is 8.35. The maximum absolute atomic E-state index is 15.3. The molecule has 2 aromatic rings. The topological polar surface area (TPSA) is 9.23 Å². The van der Waals surface area contributed by atoms with E-state index in [9.17, 15) is 26.3 Å². The van der Waals surface area contributed by atoms with Gasteiger partial charge in [-0.05, 0) is 85.3 Å². The molecule has 0 unspecified atom stereocenters. The van der Waals surface area contributed by atoms with E-state index in [0.717, 1.165) is 49.7 Å². The average Bonchev–Trinajstić information content (AvgIpc) is 2.75. The zero-order valence-corrected chi connectivity index (χ0v) is 18.0. The summed E-state index contributed by atoms with van der Waals surface area (Å²) in [6.07, 6.45) is 2.94. The van der Waals surface area contributed by atoms with Gasteiger partial charge in [0.15, 0.2) is 11.6 Å². The Bertz CT molecular complexity index is 1060. The minimum absolute atomic E-state index is 0.230. The smallest absolute Gasteiger partial charge is 0.399 e. The van der Waals surface area contributed by atoms with Crippen molar-refractivity contribution in [1.29, 1.82) is 0 Å². The third-order valence-electron chi connectivity index (χ3n) is 6.81. The molecule has 2 aliphatic rings. The molecule has 178 valence electrons. The SMILES string of the molecule is CCC1CCC(C2=Cc3cc(F)c(-c4cc(F)c(OC(F)(F)F)c(F)c4)c(F)c3CC2)CC1. The lowest BCUT2D eigenvalue weighted by Gasteiger charge is -2.31. The van der Waals surface area contributed by atoms with Gasteiger partial charge < -0.3 is 4.74 Å². The Morgan fingerprint density at radius 2 is 1.52 bits per heavy atom. The van der Waals surface area contributed by atoms with Crippen LogP contribution in [0.25, 0.3) is 17.2 Å². The summed E-state index contributed by atoms with van der Waals surface area (Å²) in [4.78, 5) is 0. The van der Waals surface area contributed by atoms with Crippen LogP contribution in [0.15, 0.2) is 23.8 Å². The first-order valence-electron chi connectivity index (χ1n) is 11.0. The van der Waals surface area contributed by atoms with Gasteiger partial charge in [-0.2, -0.15) is 0 Å². The van der Waals surface area contributed by atoms with Crippen molar-refractivity contribution in [1.82, 2.24) is 0 Å². The van der Waals surface area contributed by atoms with Crippen molar-refractivity contribution in [2.45, 2.75) is 58.2 Å². The summed E-state index contributed by atoms with van der Waals surface area (Å²) >= 11 is 0. The van der Waals surface area contributed by atoms with Crippen molar-refractivity contribution < 1.29 is 35.5 Å². The van der Waals surface area contributed by atoms with Crippen LogP contribution in [-0.2, 0) is 6.42 Å². The number of fused-ring (bicyclic) bond motifs is 1. The first kappa shape index (κ1) is 23.6. The molecule has 0 spiro atoms. The second-order valence-corrected chi connectivity index (χ2v) is 8.78. The van der Waals surface area contributed by atoms with Crippen LogP contribution in [0.5, 0.6) is 5.75 Å². The summed E-state index contributed by atoms with van der Waals surface area (Å²) in [6, 6.07) is 2.00. The molecular formula is C25H23F7O. The van der Waals surface area contributed by atoms with Crippen molar-refractivity contribution in [2.75, 3.05) is 0 Å². The molecule has 0 amide bonds. The lowest BCUT2D eigenvalue weighted by Crippen LogP contribution is -2.19. The number of hydrogen-bond donors (Lipinski definition) is 0. The van der Waals surface area contributed by atoms with Crippen LogP contribution in [0, 0.1) is 35.1 Å². The molecule has 2 aliphatic carbocycles. The number of benzene rings is 2. The van der Waals surface area contributed by atoms with Crippen LogP contribution in [0.2, 0.25) is 0 Å². The maximum atomic E-state index is 15.3. The Morgan fingerprint density at radius 3 is 2.09 bits per heavy atom. The molecule has 0 aromatic heterocycles. The van der Waals surface area contributed by atoms with Gasteiger partial charge in [-0.3, -0.25) is 0 Å². The fourth-order valence-corrected chi connectivity index (χ4v) is 5.05. The van der Waals surface area contributed by atoms with E-state index in [1.54, 1.807) is 0 Å². The Kier molecular flexibility index (Phi) is 6.47. The summed E-state index contributed by atoms with van der Waals surface area (Å²) in [5.41, 5.74) is 0.573. The average molecular weight is 472 g/mol. The maximum Gasteiger partial charge on any atom is 0.573 e. The molecule has 33 heavy (non-hydrogen) atoms. The molecular weight excluding hydrogens is 449 g/mol. The second-order valence-electron chi connectivity index (χ2n) is 8.78. The van der Waals surface area contributed by atoms with Gasteiger partial charge >= 0.3 is 6.36 Å². The van der Waals surface area contributed by atoms with Crippen LogP contribution in [-0.4, -0.2) is 6.36 Å². The van der Waals surface area contributed by atoms with Crippen LogP contribution in [0.1, 0.15) is 56.6 Å². The van der Waals surface area contributed by atoms with Gasteiger partial charge in [-0.15, -0.1) is 13.2 Å². The molecule has 2 aromatic carbocycles. The highest BCUT2D eigenvalue weighted by Crippen LogP contribution is 2.42. The summed E-state index contributed by atoms with van der Waals surface area (Å²) < 4.78 is 98.9. The minimum Gasteiger partial charge on any atom is -0.399 e. The minimum atomic E-state index is -5.31. The predicted molar refractivity (Wildman–Crippen MR) is 110 cm³/mol. The first-order chi connectivity index (χ1) is 15.6. The third kappa shape index (κ3) is 4.89. The zero-order valence-electron chi connectivity index (χ0n) is 18.0. The lowest BCUT2D eigenvalue weighted by atomic mass is 9.74. The number of alkyl halides is 3. The molecule has 0 bridgehead atoms. The van der Waals surface area contributed by atoms with Gasteiger partial charge in [0.05, 0.1) is 5.56 Å². The van der Waals surface area contributed by atoms with E-state index in [1.165, 1.54) is 0 Å². The quantitative estimate of drug-likeness (QED) is 0.406. The van der Waals surface area contributed by atoms with E-state index in [1.807, 2.05) is 6.08 Å². The van der Waals surface area contributed by atoms with E-state index in [4.69, 9.17) is 0 Å². The molecule has 0 atom stereocenters.